The molecule has 4 rings (SSSR count). The first-order chi connectivity index (χ1) is 17.4. The summed E-state index contributed by atoms with van der Waals surface area (Å²) in [5.74, 6) is 0.838. The van der Waals surface area contributed by atoms with Crippen LogP contribution in [0.4, 0.5) is 27.9 Å². The number of halogens is 1. The normalized spacial score (nSPS) is 19.9. The number of methoxy groups -OCH3 is 1. The zero-order valence-electron chi connectivity index (χ0n) is 21.2. The summed E-state index contributed by atoms with van der Waals surface area (Å²) < 4.78 is 19.4. The number of nitrogens with zero attached hydrogens (tertiary/aromatic N) is 4. The largest absolute Gasteiger partial charge is 0.494 e. The standard InChI is InChI=1S/C26H35FN7O2/c1-4-34(18(2)35)15-9-12-21(34)17-28-24-31-25(29-19-10-7-5-6-8-11-19)33-26(32-24)30-20-13-14-23(36-3)22(27)16-20/h9,12-16,19H,4-8,10-11,17H2,1-3H3,(H3,28,29,30,31,32,33)/q+1. The van der Waals surface area contributed by atoms with E-state index in [2.05, 4.69) is 30.9 Å². The van der Waals surface area contributed by atoms with Gasteiger partial charge in [-0.1, -0.05) is 25.7 Å². The van der Waals surface area contributed by atoms with Crippen LogP contribution in [0.15, 0.2) is 42.2 Å². The molecule has 1 aliphatic carbocycles. The third-order valence-corrected chi connectivity index (χ3v) is 6.86. The Morgan fingerprint density at radius 2 is 1.83 bits per heavy atom. The fraction of sp³-hybridized carbons (Fsp3) is 0.462. The fourth-order valence-corrected chi connectivity index (χ4v) is 4.79. The van der Waals surface area contributed by atoms with E-state index in [1.165, 1.54) is 38.9 Å². The first-order valence-corrected chi connectivity index (χ1v) is 12.6. The summed E-state index contributed by atoms with van der Waals surface area (Å²) in [6, 6.07) is 4.87. The van der Waals surface area contributed by atoms with Crippen molar-refractivity contribution in [3.8, 4) is 5.75 Å². The molecule has 0 spiro atoms. The number of anilines is 4. The van der Waals surface area contributed by atoms with Crippen LogP contribution >= 0.6 is 0 Å². The lowest BCUT2D eigenvalue weighted by molar-refractivity contribution is -0.757. The lowest BCUT2D eigenvalue weighted by Crippen LogP contribution is -2.46. The smallest absolute Gasteiger partial charge is 0.319 e. The SMILES string of the molecule is CC[N+]1(C(C)=O)C=CC=C1CNc1nc(Nc2ccc(OC)c(F)c2)nc(NC2CCCCCC2)n1. The van der Waals surface area contributed by atoms with Gasteiger partial charge in [-0.15, -0.1) is 0 Å². The van der Waals surface area contributed by atoms with Gasteiger partial charge < -0.3 is 20.7 Å². The van der Waals surface area contributed by atoms with Gasteiger partial charge in [-0.3, -0.25) is 0 Å². The van der Waals surface area contributed by atoms with E-state index in [1.807, 2.05) is 25.3 Å². The highest BCUT2D eigenvalue weighted by atomic mass is 19.1. The summed E-state index contributed by atoms with van der Waals surface area (Å²) in [5.41, 5.74) is 1.40. The second-order valence-electron chi connectivity index (χ2n) is 9.17. The number of carbonyl (C=O) groups excluding carboxylic acids is 1. The molecule has 1 fully saturated rings. The van der Waals surface area contributed by atoms with Gasteiger partial charge in [-0.05, 0) is 38.0 Å². The zero-order chi connectivity index (χ0) is 25.5. The number of likely N-dealkylation sites (N-methyl/N-ethyl adjacent to an activating group) is 1. The van der Waals surface area contributed by atoms with Crippen molar-refractivity contribution in [1.82, 2.24) is 15.0 Å². The lowest BCUT2D eigenvalue weighted by atomic mass is 10.1. The van der Waals surface area contributed by atoms with E-state index >= 15 is 0 Å². The number of nitrogens with one attached hydrogen (secondary N) is 3. The summed E-state index contributed by atoms with van der Waals surface area (Å²) in [7, 11) is 1.42. The van der Waals surface area contributed by atoms with Gasteiger partial charge in [0.05, 0.1) is 27.1 Å². The van der Waals surface area contributed by atoms with Gasteiger partial charge in [0.15, 0.2) is 11.6 Å². The molecule has 9 nitrogen and oxygen atoms in total. The monoisotopic (exact) mass is 496 g/mol. The predicted octanol–water partition coefficient (Wildman–Crippen LogP) is 5.10. The Hall–Kier alpha value is -3.53. The van der Waals surface area contributed by atoms with Gasteiger partial charge in [0, 0.05) is 23.9 Å². The van der Waals surface area contributed by atoms with Gasteiger partial charge >= 0.3 is 5.91 Å². The molecular weight excluding hydrogens is 461 g/mol. The molecule has 1 atom stereocenters. The first kappa shape index (κ1) is 25.6. The van der Waals surface area contributed by atoms with Crippen molar-refractivity contribution in [2.45, 2.75) is 58.4 Å². The van der Waals surface area contributed by atoms with Crippen LogP contribution in [0, 0.1) is 5.82 Å². The van der Waals surface area contributed by atoms with Crippen molar-refractivity contribution in [3.05, 3.63) is 48.1 Å². The Kier molecular flexibility index (Phi) is 8.14. The Bertz CT molecular complexity index is 1150. The number of rotatable bonds is 9. The quantitative estimate of drug-likeness (QED) is 0.325. The molecule has 1 aromatic carbocycles. The van der Waals surface area contributed by atoms with Gasteiger partial charge in [0.25, 0.3) is 0 Å². The van der Waals surface area contributed by atoms with Crippen molar-refractivity contribution < 1.29 is 18.4 Å². The molecule has 2 heterocycles. The number of allylic oxidation sites excluding steroid dienone is 2. The Balaban J connectivity index is 1.56. The van der Waals surface area contributed by atoms with Crippen LogP contribution in [-0.2, 0) is 4.79 Å². The number of hydrogen-bond donors (Lipinski definition) is 3. The van der Waals surface area contributed by atoms with Crippen LogP contribution in [0.3, 0.4) is 0 Å². The summed E-state index contributed by atoms with van der Waals surface area (Å²) in [4.78, 5) is 26.1. The highest BCUT2D eigenvalue weighted by Crippen LogP contribution is 2.27. The van der Waals surface area contributed by atoms with Crippen molar-refractivity contribution in [3.63, 3.8) is 0 Å². The number of aromatic nitrogens is 3. The van der Waals surface area contributed by atoms with E-state index in [4.69, 9.17) is 4.74 Å². The third-order valence-electron chi connectivity index (χ3n) is 6.86. The topological polar surface area (TPSA) is 101 Å². The maximum absolute atomic E-state index is 14.2. The molecule has 3 N–H and O–H groups in total. The molecule has 1 aromatic heterocycles. The van der Waals surface area contributed by atoms with E-state index in [9.17, 15) is 9.18 Å². The molecule has 36 heavy (non-hydrogen) atoms. The Morgan fingerprint density at radius 3 is 2.50 bits per heavy atom. The maximum Gasteiger partial charge on any atom is 0.319 e. The van der Waals surface area contributed by atoms with Crippen LogP contribution in [0.25, 0.3) is 0 Å². The average Bonchev–Trinajstić information content (AvgIpc) is 3.12. The highest BCUT2D eigenvalue weighted by molar-refractivity contribution is 5.68. The molecule has 1 aliphatic heterocycles. The molecule has 2 aliphatic rings. The molecule has 1 saturated carbocycles. The average molecular weight is 497 g/mol. The number of carbonyl (C=O) groups is 1. The Labute approximate surface area is 211 Å². The second-order valence-corrected chi connectivity index (χ2v) is 9.17. The second kappa shape index (κ2) is 11.5. The molecule has 1 unspecified atom stereocenters. The van der Waals surface area contributed by atoms with E-state index in [0.29, 0.717) is 30.7 Å². The van der Waals surface area contributed by atoms with E-state index in [-0.39, 0.29) is 28.1 Å². The summed E-state index contributed by atoms with van der Waals surface area (Å²) in [5, 5.41) is 9.81. The number of benzene rings is 1. The molecule has 1 amide bonds. The van der Waals surface area contributed by atoms with Gasteiger partial charge in [0.2, 0.25) is 17.8 Å². The first-order valence-electron chi connectivity index (χ1n) is 12.6. The van der Waals surface area contributed by atoms with Gasteiger partial charge in [-0.2, -0.15) is 15.0 Å². The van der Waals surface area contributed by atoms with E-state index < -0.39 is 5.82 Å². The highest BCUT2D eigenvalue weighted by Gasteiger charge is 2.36. The lowest BCUT2D eigenvalue weighted by Gasteiger charge is -2.29. The van der Waals surface area contributed by atoms with Crippen LogP contribution in [-0.4, -0.2) is 51.6 Å². The zero-order valence-corrected chi connectivity index (χ0v) is 21.2. The van der Waals surface area contributed by atoms with Crippen LogP contribution < -0.4 is 20.7 Å². The molecule has 0 bridgehead atoms. The number of amides is 1. The fourth-order valence-electron chi connectivity index (χ4n) is 4.79. The van der Waals surface area contributed by atoms with Gasteiger partial charge in [-0.25, -0.2) is 13.7 Å². The molecule has 0 saturated heterocycles. The minimum absolute atomic E-state index is 0.0505. The summed E-state index contributed by atoms with van der Waals surface area (Å²) in [6.07, 6.45) is 12.7. The van der Waals surface area contributed by atoms with Crippen molar-refractivity contribution in [2.24, 2.45) is 0 Å². The minimum Gasteiger partial charge on any atom is -0.494 e. The molecule has 0 radical (unpaired) electrons. The Morgan fingerprint density at radius 1 is 1.11 bits per heavy atom. The third kappa shape index (κ3) is 5.81. The van der Waals surface area contributed by atoms with Crippen LogP contribution in [0.5, 0.6) is 5.75 Å². The maximum atomic E-state index is 14.2. The number of hydrogen-bond acceptors (Lipinski definition) is 8. The molecule has 10 heteroatoms. The van der Waals surface area contributed by atoms with Crippen molar-refractivity contribution in [2.75, 3.05) is 36.1 Å². The minimum atomic E-state index is -0.481. The summed E-state index contributed by atoms with van der Waals surface area (Å²) >= 11 is 0. The van der Waals surface area contributed by atoms with Gasteiger partial charge in [0.1, 0.15) is 11.9 Å². The van der Waals surface area contributed by atoms with Crippen LogP contribution in [0.1, 0.15) is 52.4 Å². The molecule has 192 valence electrons. The van der Waals surface area contributed by atoms with Crippen molar-refractivity contribution in [1.29, 1.82) is 0 Å². The molecule has 2 aromatic rings. The molecular formula is C26H35FN7O2+. The number of quaternary nitrogens is 1. The van der Waals surface area contributed by atoms with Crippen LogP contribution in [0.2, 0.25) is 0 Å². The van der Waals surface area contributed by atoms with E-state index in [1.54, 1.807) is 19.1 Å². The number of ether oxygens (including phenoxy) is 1. The van der Waals surface area contributed by atoms with E-state index in [0.717, 1.165) is 18.5 Å². The summed E-state index contributed by atoms with van der Waals surface area (Å²) in [6.45, 7) is 4.60. The predicted molar refractivity (Wildman–Crippen MR) is 138 cm³/mol. The van der Waals surface area contributed by atoms with Crippen molar-refractivity contribution >= 4 is 29.4 Å².